The number of hydrogen-bond acceptors (Lipinski definition) is 4. The molecule has 2 heterocycles. The quantitative estimate of drug-likeness (QED) is 0.706. The second-order valence-electron chi connectivity index (χ2n) is 8.09. The van der Waals surface area contributed by atoms with Gasteiger partial charge in [-0.15, -0.1) is 11.8 Å². The largest absolute Gasteiger partial charge is 0.416 e. The Bertz CT molecular complexity index is 899. The molecule has 166 valence electrons. The monoisotopic (exact) mass is 449 g/mol. The third-order valence-corrected chi connectivity index (χ3v) is 7.48. The fraction of sp³-hybridized carbons (Fsp3) is 0.435. The van der Waals surface area contributed by atoms with Gasteiger partial charge in [-0.1, -0.05) is 30.3 Å². The van der Waals surface area contributed by atoms with E-state index in [1.165, 1.54) is 12.1 Å². The van der Waals surface area contributed by atoms with Gasteiger partial charge in [0.05, 0.1) is 5.56 Å². The van der Waals surface area contributed by atoms with Crippen LogP contribution in [-0.4, -0.2) is 66.1 Å². The summed E-state index contributed by atoms with van der Waals surface area (Å²) in [5.74, 6) is 0.684. The first-order valence-corrected chi connectivity index (χ1v) is 11.4. The van der Waals surface area contributed by atoms with Gasteiger partial charge >= 0.3 is 6.18 Å². The molecular weight excluding hydrogens is 423 g/mol. The summed E-state index contributed by atoms with van der Waals surface area (Å²) in [6.07, 6.45) is -3.82. The Morgan fingerprint density at radius 1 is 0.935 bits per heavy atom. The number of anilines is 1. The molecule has 1 atom stereocenters. The second kappa shape index (κ2) is 8.84. The van der Waals surface area contributed by atoms with Gasteiger partial charge in [0, 0.05) is 50.6 Å². The first-order valence-electron chi connectivity index (χ1n) is 10.4. The Kier molecular flexibility index (Phi) is 6.32. The van der Waals surface area contributed by atoms with Gasteiger partial charge < -0.3 is 9.80 Å². The lowest BCUT2D eigenvalue weighted by molar-refractivity contribution is -0.137. The average Bonchev–Trinajstić information content (AvgIpc) is 2.76. The molecule has 2 fully saturated rings. The van der Waals surface area contributed by atoms with Crippen molar-refractivity contribution in [3.05, 3.63) is 65.7 Å². The van der Waals surface area contributed by atoms with Crippen molar-refractivity contribution < 1.29 is 18.0 Å². The van der Waals surface area contributed by atoms with E-state index in [1.807, 2.05) is 30.3 Å². The van der Waals surface area contributed by atoms with E-state index in [-0.39, 0.29) is 5.91 Å². The predicted octanol–water partition coefficient (Wildman–Crippen LogP) is 3.97. The van der Waals surface area contributed by atoms with Crippen LogP contribution in [0.25, 0.3) is 0 Å². The minimum absolute atomic E-state index is 0.0445. The molecule has 0 bridgehead atoms. The van der Waals surface area contributed by atoms with E-state index in [0.717, 1.165) is 49.6 Å². The van der Waals surface area contributed by atoms with Crippen molar-refractivity contribution in [3.8, 4) is 0 Å². The standard InChI is InChI=1S/C23H26F3N3OS/c1-27-11-13-28(14-12-27)22(17-18-5-3-2-4-6-18)21(30)29(15-16-31-22)20-9-7-19(8-10-20)23(24,25)26/h2-10H,11-17H2,1H3. The third-order valence-electron chi connectivity index (χ3n) is 6.04. The zero-order valence-corrected chi connectivity index (χ0v) is 18.3. The molecule has 1 unspecified atom stereocenters. The Balaban J connectivity index is 1.66. The van der Waals surface area contributed by atoms with Gasteiger partial charge in [-0.05, 0) is 36.9 Å². The molecule has 4 rings (SSSR count). The molecule has 2 aliphatic rings. The van der Waals surface area contributed by atoms with Gasteiger partial charge in [-0.2, -0.15) is 13.2 Å². The SMILES string of the molecule is CN1CCN(C2(Cc3ccccc3)SCCN(c3ccc(C(F)(F)F)cc3)C2=O)CC1. The zero-order chi connectivity index (χ0) is 22.1. The van der Waals surface area contributed by atoms with Crippen molar-refractivity contribution in [1.29, 1.82) is 0 Å². The van der Waals surface area contributed by atoms with Gasteiger partial charge in [0.25, 0.3) is 5.91 Å². The smallest absolute Gasteiger partial charge is 0.309 e. The van der Waals surface area contributed by atoms with Crippen LogP contribution in [0, 0.1) is 0 Å². The highest BCUT2D eigenvalue weighted by Crippen LogP contribution is 2.41. The number of amides is 1. The second-order valence-corrected chi connectivity index (χ2v) is 9.46. The highest BCUT2D eigenvalue weighted by atomic mass is 32.2. The van der Waals surface area contributed by atoms with E-state index >= 15 is 0 Å². The van der Waals surface area contributed by atoms with Gasteiger partial charge in [-0.25, -0.2) is 0 Å². The number of carbonyl (C=O) groups is 1. The average molecular weight is 450 g/mol. The van der Waals surface area contributed by atoms with Crippen molar-refractivity contribution in [2.75, 3.05) is 50.4 Å². The van der Waals surface area contributed by atoms with Gasteiger partial charge in [0.2, 0.25) is 0 Å². The number of piperazine rings is 1. The maximum Gasteiger partial charge on any atom is 0.416 e. The summed E-state index contributed by atoms with van der Waals surface area (Å²) in [6.45, 7) is 3.81. The molecule has 0 spiro atoms. The lowest BCUT2D eigenvalue weighted by Crippen LogP contribution is -2.65. The first kappa shape index (κ1) is 22.2. The molecular formula is C23H26F3N3OS. The summed E-state index contributed by atoms with van der Waals surface area (Å²) < 4.78 is 39.0. The van der Waals surface area contributed by atoms with E-state index < -0.39 is 16.6 Å². The number of thioether (sulfide) groups is 1. The number of nitrogens with zero attached hydrogens (tertiary/aromatic N) is 3. The number of carbonyl (C=O) groups excluding carboxylic acids is 1. The summed E-state index contributed by atoms with van der Waals surface area (Å²) in [5.41, 5.74) is 0.895. The zero-order valence-electron chi connectivity index (χ0n) is 17.4. The van der Waals surface area contributed by atoms with Crippen molar-refractivity contribution in [1.82, 2.24) is 9.80 Å². The molecule has 2 aromatic rings. The number of rotatable bonds is 4. The van der Waals surface area contributed by atoms with Crippen LogP contribution >= 0.6 is 11.8 Å². The molecule has 1 amide bonds. The molecule has 4 nitrogen and oxygen atoms in total. The molecule has 2 aromatic carbocycles. The van der Waals surface area contributed by atoms with Gasteiger partial charge in [0.15, 0.2) is 4.87 Å². The Morgan fingerprint density at radius 3 is 2.19 bits per heavy atom. The number of benzene rings is 2. The van der Waals surface area contributed by atoms with Crippen LogP contribution in [-0.2, 0) is 17.4 Å². The topological polar surface area (TPSA) is 26.8 Å². The van der Waals surface area contributed by atoms with Crippen LogP contribution < -0.4 is 4.90 Å². The molecule has 0 aliphatic carbocycles. The minimum atomic E-state index is -4.39. The summed E-state index contributed by atoms with van der Waals surface area (Å²) in [7, 11) is 2.07. The number of alkyl halides is 3. The van der Waals surface area contributed by atoms with Crippen LogP contribution in [0.1, 0.15) is 11.1 Å². The van der Waals surface area contributed by atoms with Crippen LogP contribution in [0.3, 0.4) is 0 Å². The molecule has 0 N–H and O–H groups in total. The lowest BCUT2D eigenvalue weighted by atomic mass is 10.0. The molecule has 2 aliphatic heterocycles. The summed E-state index contributed by atoms with van der Waals surface area (Å²) in [6, 6.07) is 14.9. The van der Waals surface area contributed by atoms with Crippen LogP contribution in [0.15, 0.2) is 54.6 Å². The van der Waals surface area contributed by atoms with E-state index in [4.69, 9.17) is 0 Å². The van der Waals surface area contributed by atoms with Crippen LogP contribution in [0.5, 0.6) is 0 Å². The summed E-state index contributed by atoms with van der Waals surface area (Å²) in [4.78, 5) is 19.4. The number of likely N-dealkylation sites (N-methyl/N-ethyl adjacent to an activating group) is 1. The predicted molar refractivity (Wildman–Crippen MR) is 118 cm³/mol. The van der Waals surface area contributed by atoms with E-state index in [9.17, 15) is 18.0 Å². The van der Waals surface area contributed by atoms with Crippen LogP contribution in [0.2, 0.25) is 0 Å². The fourth-order valence-corrected chi connectivity index (χ4v) is 5.74. The molecule has 2 saturated heterocycles. The minimum Gasteiger partial charge on any atom is -0.309 e. The summed E-state index contributed by atoms with van der Waals surface area (Å²) >= 11 is 1.66. The summed E-state index contributed by atoms with van der Waals surface area (Å²) in [5, 5.41) is 0. The maximum atomic E-state index is 13.9. The highest BCUT2D eigenvalue weighted by molar-refractivity contribution is 8.01. The van der Waals surface area contributed by atoms with Crippen molar-refractivity contribution in [2.45, 2.75) is 17.5 Å². The van der Waals surface area contributed by atoms with Gasteiger partial charge in [0.1, 0.15) is 0 Å². The number of hydrogen-bond donors (Lipinski definition) is 0. The molecule has 0 radical (unpaired) electrons. The molecule has 0 aromatic heterocycles. The van der Waals surface area contributed by atoms with Crippen LogP contribution in [0.4, 0.5) is 18.9 Å². The van der Waals surface area contributed by atoms with Crippen molar-refractivity contribution >= 4 is 23.4 Å². The van der Waals surface area contributed by atoms with E-state index in [2.05, 4.69) is 16.8 Å². The van der Waals surface area contributed by atoms with E-state index in [0.29, 0.717) is 18.7 Å². The number of halogens is 3. The normalized spacial score (nSPS) is 23.9. The van der Waals surface area contributed by atoms with Crippen molar-refractivity contribution in [3.63, 3.8) is 0 Å². The Hall–Kier alpha value is -2.03. The molecule has 8 heteroatoms. The third kappa shape index (κ3) is 4.61. The lowest BCUT2D eigenvalue weighted by Gasteiger charge is -2.50. The Morgan fingerprint density at radius 2 is 1.58 bits per heavy atom. The molecule has 31 heavy (non-hydrogen) atoms. The fourth-order valence-electron chi connectivity index (χ4n) is 4.26. The maximum absolute atomic E-state index is 13.9. The van der Waals surface area contributed by atoms with Gasteiger partial charge in [-0.3, -0.25) is 9.69 Å². The van der Waals surface area contributed by atoms with Crippen molar-refractivity contribution in [2.24, 2.45) is 0 Å². The first-order chi connectivity index (χ1) is 14.8. The molecule has 0 saturated carbocycles. The Labute approximate surface area is 185 Å². The highest BCUT2D eigenvalue weighted by Gasteiger charge is 2.50. The van der Waals surface area contributed by atoms with E-state index in [1.54, 1.807) is 16.7 Å².